The molecule has 1 amide bonds. The molecule has 1 fully saturated rings. The van der Waals surface area contributed by atoms with E-state index < -0.39 is 0 Å². The van der Waals surface area contributed by atoms with E-state index in [-0.39, 0.29) is 11.9 Å². The minimum atomic E-state index is -0.168. The van der Waals surface area contributed by atoms with Crippen molar-refractivity contribution in [3.8, 4) is 0 Å². The molecule has 0 spiro atoms. The molecule has 1 aromatic heterocycles. The first kappa shape index (κ1) is 16.6. The average molecular weight is 307 g/mol. The van der Waals surface area contributed by atoms with E-state index in [2.05, 4.69) is 25.7 Å². The van der Waals surface area contributed by atoms with Gasteiger partial charge in [-0.05, 0) is 52.0 Å². The van der Waals surface area contributed by atoms with Crippen molar-refractivity contribution in [2.45, 2.75) is 25.3 Å². The Hall–Kier alpha value is -1.73. The molecule has 2 N–H and O–H groups in total. The number of carbonyl (C=O) groups excluding carboxylic acids is 1. The largest absolute Gasteiger partial charge is 0.381 e. The molecule has 2 heterocycles. The lowest BCUT2D eigenvalue weighted by molar-refractivity contribution is 0.0693. The summed E-state index contributed by atoms with van der Waals surface area (Å²) in [6.45, 7) is 3.26. The smallest absolute Gasteiger partial charge is 0.272 e. The second-order valence-electron chi connectivity index (χ2n) is 5.75. The van der Waals surface area contributed by atoms with Crippen LogP contribution in [-0.2, 0) is 4.74 Å². The first-order chi connectivity index (χ1) is 10.6. The molecule has 1 aliphatic heterocycles. The standard InChI is InChI=1S/C15H25N5O2/c1-20(2)9-3-8-16-14-5-4-13(18-19-14)15(21)17-12-6-10-22-11-7-12/h4-5,12H,3,6-11H2,1-2H3,(H,16,19)(H,17,21). The highest BCUT2D eigenvalue weighted by atomic mass is 16.5. The highest BCUT2D eigenvalue weighted by molar-refractivity contribution is 5.92. The van der Waals surface area contributed by atoms with Crippen LogP contribution in [0.4, 0.5) is 5.82 Å². The van der Waals surface area contributed by atoms with Crippen molar-refractivity contribution < 1.29 is 9.53 Å². The first-order valence-electron chi connectivity index (χ1n) is 7.76. The third kappa shape index (κ3) is 5.57. The monoisotopic (exact) mass is 307 g/mol. The molecule has 0 unspecified atom stereocenters. The third-order valence-electron chi connectivity index (χ3n) is 3.54. The van der Waals surface area contributed by atoms with Crippen LogP contribution in [0.5, 0.6) is 0 Å². The maximum Gasteiger partial charge on any atom is 0.272 e. The van der Waals surface area contributed by atoms with Crippen LogP contribution in [-0.4, -0.2) is 67.4 Å². The lowest BCUT2D eigenvalue weighted by Gasteiger charge is -2.22. The van der Waals surface area contributed by atoms with Gasteiger partial charge < -0.3 is 20.3 Å². The Morgan fingerprint density at radius 1 is 1.32 bits per heavy atom. The summed E-state index contributed by atoms with van der Waals surface area (Å²) in [6, 6.07) is 3.67. The fraction of sp³-hybridized carbons (Fsp3) is 0.667. The Balaban J connectivity index is 1.76. The number of amides is 1. The number of hydrogen-bond acceptors (Lipinski definition) is 6. The van der Waals surface area contributed by atoms with E-state index in [1.165, 1.54) is 0 Å². The number of nitrogens with one attached hydrogen (secondary N) is 2. The number of carbonyl (C=O) groups is 1. The minimum Gasteiger partial charge on any atom is -0.381 e. The SMILES string of the molecule is CN(C)CCCNc1ccc(C(=O)NC2CCOCC2)nn1. The van der Waals surface area contributed by atoms with Crippen LogP contribution in [0.2, 0.25) is 0 Å². The van der Waals surface area contributed by atoms with Gasteiger partial charge in [0.05, 0.1) is 0 Å². The number of rotatable bonds is 7. The van der Waals surface area contributed by atoms with Crippen LogP contribution < -0.4 is 10.6 Å². The van der Waals surface area contributed by atoms with Crippen molar-refractivity contribution in [3.05, 3.63) is 17.8 Å². The van der Waals surface area contributed by atoms with Gasteiger partial charge in [-0.3, -0.25) is 4.79 Å². The molecule has 0 aliphatic carbocycles. The maximum absolute atomic E-state index is 12.1. The summed E-state index contributed by atoms with van der Waals surface area (Å²) in [5.74, 6) is 0.528. The molecule has 2 rings (SSSR count). The fourth-order valence-corrected chi connectivity index (χ4v) is 2.26. The van der Waals surface area contributed by atoms with Crippen LogP contribution in [0.3, 0.4) is 0 Å². The van der Waals surface area contributed by atoms with E-state index in [0.717, 1.165) is 32.4 Å². The van der Waals surface area contributed by atoms with Gasteiger partial charge in [-0.2, -0.15) is 0 Å². The van der Waals surface area contributed by atoms with Gasteiger partial charge in [-0.25, -0.2) is 0 Å². The van der Waals surface area contributed by atoms with Crippen LogP contribution in [0.15, 0.2) is 12.1 Å². The maximum atomic E-state index is 12.1. The van der Waals surface area contributed by atoms with E-state index in [1.807, 2.05) is 14.1 Å². The molecule has 0 saturated carbocycles. The molecule has 0 bridgehead atoms. The summed E-state index contributed by atoms with van der Waals surface area (Å²) in [5, 5.41) is 14.2. The zero-order valence-corrected chi connectivity index (χ0v) is 13.3. The molecule has 7 heteroatoms. The summed E-state index contributed by atoms with van der Waals surface area (Å²) in [4.78, 5) is 14.2. The summed E-state index contributed by atoms with van der Waals surface area (Å²) < 4.78 is 5.27. The Kier molecular flexibility index (Phi) is 6.54. The molecule has 1 saturated heterocycles. The van der Waals surface area contributed by atoms with E-state index in [4.69, 9.17) is 4.74 Å². The van der Waals surface area contributed by atoms with Crippen molar-refractivity contribution in [1.82, 2.24) is 20.4 Å². The summed E-state index contributed by atoms with van der Waals surface area (Å²) in [6.07, 6.45) is 2.73. The molecule has 0 aromatic carbocycles. The number of aromatic nitrogens is 2. The van der Waals surface area contributed by atoms with E-state index in [9.17, 15) is 4.79 Å². The van der Waals surface area contributed by atoms with Gasteiger partial charge in [-0.1, -0.05) is 0 Å². The molecular formula is C15H25N5O2. The van der Waals surface area contributed by atoms with Crippen LogP contribution in [0.1, 0.15) is 29.8 Å². The van der Waals surface area contributed by atoms with E-state index in [0.29, 0.717) is 24.7 Å². The topological polar surface area (TPSA) is 79.4 Å². The van der Waals surface area contributed by atoms with Gasteiger partial charge in [0, 0.05) is 25.8 Å². The number of anilines is 1. The van der Waals surface area contributed by atoms with Crippen molar-refractivity contribution in [1.29, 1.82) is 0 Å². The van der Waals surface area contributed by atoms with Crippen molar-refractivity contribution in [2.75, 3.05) is 45.7 Å². The normalized spacial score (nSPS) is 15.8. The van der Waals surface area contributed by atoms with Gasteiger partial charge in [0.1, 0.15) is 5.82 Å². The fourth-order valence-electron chi connectivity index (χ4n) is 2.26. The lowest BCUT2D eigenvalue weighted by Crippen LogP contribution is -2.39. The number of hydrogen-bond donors (Lipinski definition) is 2. The Morgan fingerprint density at radius 3 is 2.73 bits per heavy atom. The average Bonchev–Trinajstić information content (AvgIpc) is 2.53. The molecule has 1 aliphatic rings. The Bertz CT molecular complexity index is 458. The van der Waals surface area contributed by atoms with E-state index in [1.54, 1.807) is 12.1 Å². The van der Waals surface area contributed by atoms with Crippen molar-refractivity contribution in [2.24, 2.45) is 0 Å². The van der Waals surface area contributed by atoms with Gasteiger partial charge in [-0.15, -0.1) is 10.2 Å². The Labute approximate surface area is 131 Å². The summed E-state index contributed by atoms with van der Waals surface area (Å²) >= 11 is 0. The molecule has 7 nitrogen and oxygen atoms in total. The molecule has 122 valence electrons. The minimum absolute atomic E-state index is 0.168. The molecule has 1 aromatic rings. The highest BCUT2D eigenvalue weighted by Gasteiger charge is 2.17. The lowest BCUT2D eigenvalue weighted by atomic mass is 10.1. The van der Waals surface area contributed by atoms with Crippen LogP contribution in [0.25, 0.3) is 0 Å². The first-order valence-corrected chi connectivity index (χ1v) is 7.76. The Morgan fingerprint density at radius 2 is 2.09 bits per heavy atom. The van der Waals surface area contributed by atoms with Gasteiger partial charge in [0.2, 0.25) is 0 Å². The summed E-state index contributed by atoms with van der Waals surface area (Å²) in [5.41, 5.74) is 0.352. The molecule has 0 atom stereocenters. The highest BCUT2D eigenvalue weighted by Crippen LogP contribution is 2.08. The number of nitrogens with zero attached hydrogens (tertiary/aromatic N) is 3. The second-order valence-corrected chi connectivity index (χ2v) is 5.75. The van der Waals surface area contributed by atoms with Gasteiger partial charge in [0.25, 0.3) is 5.91 Å². The zero-order chi connectivity index (χ0) is 15.8. The second kappa shape index (κ2) is 8.65. The molecule has 0 radical (unpaired) electrons. The number of ether oxygens (including phenoxy) is 1. The van der Waals surface area contributed by atoms with Crippen LogP contribution in [0, 0.1) is 0 Å². The van der Waals surface area contributed by atoms with Crippen molar-refractivity contribution in [3.63, 3.8) is 0 Å². The predicted molar refractivity (Wildman–Crippen MR) is 85.0 cm³/mol. The zero-order valence-electron chi connectivity index (χ0n) is 13.3. The van der Waals surface area contributed by atoms with Crippen LogP contribution >= 0.6 is 0 Å². The molecular weight excluding hydrogens is 282 g/mol. The summed E-state index contributed by atoms with van der Waals surface area (Å²) in [7, 11) is 4.09. The molecule has 22 heavy (non-hydrogen) atoms. The van der Waals surface area contributed by atoms with Gasteiger partial charge in [0.15, 0.2) is 5.69 Å². The predicted octanol–water partition coefficient (Wildman–Crippen LogP) is 0.749. The third-order valence-corrected chi connectivity index (χ3v) is 3.54. The van der Waals surface area contributed by atoms with E-state index >= 15 is 0 Å². The van der Waals surface area contributed by atoms with Gasteiger partial charge >= 0.3 is 0 Å². The van der Waals surface area contributed by atoms with Crippen molar-refractivity contribution >= 4 is 11.7 Å². The quantitative estimate of drug-likeness (QED) is 0.724.